The molecule has 0 aromatic heterocycles. The van der Waals surface area contributed by atoms with Gasteiger partial charge < -0.3 is 5.73 Å². The van der Waals surface area contributed by atoms with E-state index in [0.717, 1.165) is 12.8 Å². The zero-order valence-corrected chi connectivity index (χ0v) is 9.30. The maximum absolute atomic E-state index is 13.5. The van der Waals surface area contributed by atoms with Crippen LogP contribution in [-0.4, -0.2) is 0 Å². The van der Waals surface area contributed by atoms with Crippen molar-refractivity contribution in [3.8, 4) is 0 Å². The van der Waals surface area contributed by atoms with Crippen LogP contribution in [0.3, 0.4) is 0 Å². The van der Waals surface area contributed by atoms with Gasteiger partial charge in [-0.3, -0.25) is 0 Å². The van der Waals surface area contributed by atoms with Gasteiger partial charge in [-0.1, -0.05) is 24.4 Å². The molecule has 0 bridgehead atoms. The van der Waals surface area contributed by atoms with Gasteiger partial charge in [0.2, 0.25) is 0 Å². The lowest BCUT2D eigenvalue weighted by Gasteiger charge is -2.19. The molecule has 2 rings (SSSR count). The van der Waals surface area contributed by atoms with Gasteiger partial charge in [-0.2, -0.15) is 0 Å². The Morgan fingerprint density at radius 2 is 2.00 bits per heavy atom. The van der Waals surface area contributed by atoms with E-state index in [1.807, 2.05) is 0 Å². The van der Waals surface area contributed by atoms with E-state index in [2.05, 4.69) is 0 Å². The third kappa shape index (κ3) is 2.32. The lowest BCUT2D eigenvalue weighted by Crippen LogP contribution is -2.20. The Balaban J connectivity index is 2.23. The van der Waals surface area contributed by atoms with E-state index in [-0.39, 0.29) is 11.9 Å². The highest BCUT2D eigenvalue weighted by Crippen LogP contribution is 2.35. The number of rotatable bonds is 2. The second-order valence-corrected chi connectivity index (χ2v) is 4.67. The SMILES string of the molecule is N[C@@H](c1cc(Cl)ccc1F)C1CCCC1. The molecule has 0 spiro atoms. The van der Waals surface area contributed by atoms with Crippen molar-refractivity contribution in [2.45, 2.75) is 31.7 Å². The summed E-state index contributed by atoms with van der Waals surface area (Å²) in [7, 11) is 0. The maximum atomic E-state index is 13.5. The van der Waals surface area contributed by atoms with Crippen molar-refractivity contribution in [3.05, 3.63) is 34.6 Å². The van der Waals surface area contributed by atoms with Crippen molar-refractivity contribution in [1.29, 1.82) is 0 Å². The van der Waals surface area contributed by atoms with Gasteiger partial charge in [0.15, 0.2) is 0 Å². The number of hydrogen-bond acceptors (Lipinski definition) is 1. The molecular weight excluding hydrogens is 213 g/mol. The Kier molecular flexibility index (Phi) is 3.27. The second kappa shape index (κ2) is 4.50. The Bertz CT molecular complexity index is 347. The van der Waals surface area contributed by atoms with Crippen LogP contribution in [0.15, 0.2) is 18.2 Å². The number of nitrogens with two attached hydrogens (primary N) is 1. The van der Waals surface area contributed by atoms with Crippen LogP contribution in [-0.2, 0) is 0 Å². The number of halogens is 2. The fraction of sp³-hybridized carbons (Fsp3) is 0.500. The summed E-state index contributed by atoms with van der Waals surface area (Å²) >= 11 is 5.85. The third-order valence-corrected chi connectivity index (χ3v) is 3.46. The van der Waals surface area contributed by atoms with Crippen LogP contribution >= 0.6 is 11.6 Å². The Morgan fingerprint density at radius 3 is 2.67 bits per heavy atom. The lowest BCUT2D eigenvalue weighted by atomic mass is 9.92. The summed E-state index contributed by atoms with van der Waals surface area (Å²) in [5.41, 5.74) is 6.64. The van der Waals surface area contributed by atoms with Crippen LogP contribution < -0.4 is 5.73 Å². The average molecular weight is 228 g/mol. The molecule has 0 heterocycles. The van der Waals surface area contributed by atoms with Crippen LogP contribution in [0.25, 0.3) is 0 Å². The zero-order valence-electron chi connectivity index (χ0n) is 8.55. The molecule has 1 fully saturated rings. The maximum Gasteiger partial charge on any atom is 0.128 e. The highest BCUT2D eigenvalue weighted by Gasteiger charge is 2.25. The molecule has 0 radical (unpaired) electrons. The molecule has 1 aliphatic rings. The quantitative estimate of drug-likeness (QED) is 0.820. The summed E-state index contributed by atoms with van der Waals surface area (Å²) in [5.74, 6) is 0.178. The van der Waals surface area contributed by atoms with Gasteiger partial charge >= 0.3 is 0 Å². The van der Waals surface area contributed by atoms with E-state index in [4.69, 9.17) is 17.3 Å². The van der Waals surface area contributed by atoms with Crippen molar-refractivity contribution < 1.29 is 4.39 Å². The Morgan fingerprint density at radius 1 is 1.33 bits per heavy atom. The van der Waals surface area contributed by atoms with E-state index < -0.39 is 0 Å². The molecule has 1 aromatic rings. The molecule has 1 saturated carbocycles. The fourth-order valence-corrected chi connectivity index (χ4v) is 2.52. The van der Waals surface area contributed by atoms with E-state index >= 15 is 0 Å². The average Bonchev–Trinajstić information content (AvgIpc) is 2.74. The molecule has 1 nitrogen and oxygen atoms in total. The fourth-order valence-electron chi connectivity index (χ4n) is 2.34. The minimum atomic E-state index is -0.237. The molecule has 2 N–H and O–H groups in total. The Labute approximate surface area is 94.4 Å². The lowest BCUT2D eigenvalue weighted by molar-refractivity contribution is 0.429. The van der Waals surface area contributed by atoms with Crippen molar-refractivity contribution in [3.63, 3.8) is 0 Å². The Hall–Kier alpha value is -0.600. The minimum absolute atomic E-state index is 0.203. The summed E-state index contributed by atoms with van der Waals surface area (Å²) in [5, 5.41) is 0.555. The summed E-state index contributed by atoms with van der Waals surface area (Å²) in [6, 6.07) is 4.40. The molecule has 3 heteroatoms. The van der Waals surface area contributed by atoms with Gasteiger partial charge in [0, 0.05) is 16.6 Å². The first-order valence-electron chi connectivity index (χ1n) is 5.39. The molecule has 15 heavy (non-hydrogen) atoms. The zero-order chi connectivity index (χ0) is 10.8. The first-order valence-corrected chi connectivity index (χ1v) is 5.77. The molecule has 1 aromatic carbocycles. The van der Waals surface area contributed by atoms with Gasteiger partial charge in [0.25, 0.3) is 0 Å². The van der Waals surface area contributed by atoms with Crippen molar-refractivity contribution in [1.82, 2.24) is 0 Å². The van der Waals surface area contributed by atoms with E-state index in [1.54, 1.807) is 12.1 Å². The topological polar surface area (TPSA) is 26.0 Å². The van der Waals surface area contributed by atoms with Gasteiger partial charge in [0.1, 0.15) is 5.82 Å². The summed E-state index contributed by atoms with van der Waals surface area (Å²) in [4.78, 5) is 0. The van der Waals surface area contributed by atoms with Crippen molar-refractivity contribution >= 4 is 11.6 Å². The highest BCUT2D eigenvalue weighted by atomic mass is 35.5. The standard InChI is InChI=1S/C12H15ClFN/c13-9-5-6-11(14)10(7-9)12(15)8-3-1-2-4-8/h5-8,12H,1-4,15H2/t12-/m1/s1. The first kappa shape index (κ1) is 10.9. The summed E-state index contributed by atoms with van der Waals surface area (Å²) < 4.78 is 13.5. The van der Waals surface area contributed by atoms with Gasteiger partial charge in [0.05, 0.1) is 0 Å². The van der Waals surface area contributed by atoms with Crippen molar-refractivity contribution in [2.75, 3.05) is 0 Å². The largest absolute Gasteiger partial charge is 0.324 e. The molecule has 0 amide bonds. The third-order valence-electron chi connectivity index (χ3n) is 3.22. The van der Waals surface area contributed by atoms with Crippen LogP contribution in [0.5, 0.6) is 0 Å². The summed E-state index contributed by atoms with van der Waals surface area (Å²) in [6.45, 7) is 0. The molecule has 0 aliphatic heterocycles. The first-order chi connectivity index (χ1) is 7.18. The molecule has 1 aliphatic carbocycles. The summed E-state index contributed by atoms with van der Waals surface area (Å²) in [6.07, 6.45) is 4.63. The van der Waals surface area contributed by atoms with E-state index in [1.165, 1.54) is 18.9 Å². The van der Waals surface area contributed by atoms with Gasteiger partial charge in [-0.15, -0.1) is 0 Å². The molecule has 1 atom stereocenters. The monoisotopic (exact) mass is 227 g/mol. The van der Waals surface area contributed by atoms with E-state index in [0.29, 0.717) is 16.5 Å². The van der Waals surface area contributed by atoms with Crippen LogP contribution in [0, 0.1) is 11.7 Å². The van der Waals surface area contributed by atoms with Crippen LogP contribution in [0.1, 0.15) is 37.3 Å². The van der Waals surface area contributed by atoms with Gasteiger partial charge in [-0.05, 0) is 37.0 Å². The molecule has 0 saturated heterocycles. The number of benzene rings is 1. The normalized spacial score (nSPS) is 19.4. The molecular formula is C12H15ClFN. The molecule has 82 valence electrons. The predicted octanol–water partition coefficient (Wildman–Crippen LogP) is 3.67. The van der Waals surface area contributed by atoms with E-state index in [9.17, 15) is 4.39 Å². The van der Waals surface area contributed by atoms with Crippen LogP contribution in [0.2, 0.25) is 5.02 Å². The predicted molar refractivity (Wildman–Crippen MR) is 60.3 cm³/mol. The smallest absolute Gasteiger partial charge is 0.128 e. The highest BCUT2D eigenvalue weighted by molar-refractivity contribution is 6.30. The second-order valence-electron chi connectivity index (χ2n) is 4.24. The molecule has 0 unspecified atom stereocenters. The number of hydrogen-bond donors (Lipinski definition) is 1. The van der Waals surface area contributed by atoms with Crippen molar-refractivity contribution in [2.24, 2.45) is 11.7 Å². The van der Waals surface area contributed by atoms with Gasteiger partial charge in [-0.25, -0.2) is 4.39 Å². The van der Waals surface area contributed by atoms with Crippen LogP contribution in [0.4, 0.5) is 4.39 Å². The minimum Gasteiger partial charge on any atom is -0.324 e.